The van der Waals surface area contributed by atoms with Crippen LogP contribution in [0.25, 0.3) is 0 Å². The van der Waals surface area contributed by atoms with Crippen molar-refractivity contribution in [2.75, 3.05) is 6.61 Å². The predicted octanol–water partition coefficient (Wildman–Crippen LogP) is 2.81. The van der Waals surface area contributed by atoms with Crippen LogP contribution in [0.15, 0.2) is 24.3 Å². The van der Waals surface area contributed by atoms with Gasteiger partial charge < -0.3 is 9.47 Å². The maximum atomic E-state index is 11.6. The molecular formula is C12H13ClO3. The number of carbonyl (C=O) groups excluding carboxylic acids is 1. The van der Waals surface area contributed by atoms with Crippen molar-refractivity contribution in [3.63, 3.8) is 0 Å². The summed E-state index contributed by atoms with van der Waals surface area (Å²) in [6.07, 6.45) is 2.25. The zero-order chi connectivity index (χ0) is 11.4. The standard InChI is InChI=1S/C12H13ClO3/c13-10-5-1-2-6-11(10)16-12(14)8-9-4-3-7-15-9/h1-2,5-6,9H,3-4,7-8H2. The molecule has 16 heavy (non-hydrogen) atoms. The average Bonchev–Trinajstić information content (AvgIpc) is 2.74. The largest absolute Gasteiger partial charge is 0.425 e. The lowest BCUT2D eigenvalue weighted by Crippen LogP contribution is -2.17. The molecule has 1 fully saturated rings. The summed E-state index contributed by atoms with van der Waals surface area (Å²) in [5.41, 5.74) is 0. The van der Waals surface area contributed by atoms with Crippen molar-refractivity contribution in [1.82, 2.24) is 0 Å². The van der Waals surface area contributed by atoms with Crippen LogP contribution in [0.1, 0.15) is 19.3 Å². The van der Waals surface area contributed by atoms with Crippen LogP contribution in [-0.2, 0) is 9.53 Å². The average molecular weight is 241 g/mol. The molecule has 0 aromatic heterocycles. The van der Waals surface area contributed by atoms with E-state index >= 15 is 0 Å². The number of esters is 1. The minimum Gasteiger partial charge on any atom is -0.425 e. The Kier molecular flexibility index (Phi) is 3.80. The van der Waals surface area contributed by atoms with Crippen molar-refractivity contribution in [3.05, 3.63) is 29.3 Å². The molecule has 0 saturated carbocycles. The lowest BCUT2D eigenvalue weighted by molar-refractivity contribution is -0.136. The van der Waals surface area contributed by atoms with Crippen LogP contribution in [0.3, 0.4) is 0 Å². The van der Waals surface area contributed by atoms with Crippen molar-refractivity contribution in [3.8, 4) is 5.75 Å². The third-order valence-corrected chi connectivity index (χ3v) is 2.79. The van der Waals surface area contributed by atoms with E-state index in [1.165, 1.54) is 0 Å². The first kappa shape index (κ1) is 11.4. The second kappa shape index (κ2) is 5.32. The Morgan fingerprint density at radius 1 is 1.50 bits per heavy atom. The quantitative estimate of drug-likeness (QED) is 0.602. The number of benzene rings is 1. The minimum atomic E-state index is -0.292. The third-order valence-electron chi connectivity index (χ3n) is 2.48. The maximum absolute atomic E-state index is 11.6. The van der Waals surface area contributed by atoms with Gasteiger partial charge in [0, 0.05) is 6.61 Å². The van der Waals surface area contributed by atoms with E-state index in [0.29, 0.717) is 17.2 Å². The summed E-state index contributed by atoms with van der Waals surface area (Å²) in [6.45, 7) is 0.740. The van der Waals surface area contributed by atoms with Gasteiger partial charge in [0.05, 0.1) is 17.5 Å². The van der Waals surface area contributed by atoms with Gasteiger partial charge in [0.15, 0.2) is 0 Å². The van der Waals surface area contributed by atoms with Crippen LogP contribution < -0.4 is 4.74 Å². The lowest BCUT2D eigenvalue weighted by atomic mass is 10.2. The number of carbonyl (C=O) groups is 1. The van der Waals surface area contributed by atoms with Crippen LogP contribution >= 0.6 is 11.6 Å². The Morgan fingerprint density at radius 3 is 3.00 bits per heavy atom. The van der Waals surface area contributed by atoms with Gasteiger partial charge in [-0.25, -0.2) is 0 Å². The fourth-order valence-corrected chi connectivity index (χ4v) is 1.86. The summed E-state index contributed by atoms with van der Waals surface area (Å²) < 4.78 is 10.5. The van der Waals surface area contributed by atoms with E-state index in [-0.39, 0.29) is 12.1 Å². The fraction of sp³-hybridized carbons (Fsp3) is 0.417. The highest BCUT2D eigenvalue weighted by Gasteiger charge is 2.20. The molecular weight excluding hydrogens is 228 g/mol. The molecule has 0 spiro atoms. The molecule has 1 saturated heterocycles. The molecule has 1 aliphatic rings. The molecule has 1 aromatic carbocycles. The highest BCUT2D eigenvalue weighted by atomic mass is 35.5. The first-order valence-electron chi connectivity index (χ1n) is 5.32. The number of rotatable bonds is 3. The van der Waals surface area contributed by atoms with Crippen LogP contribution in [0, 0.1) is 0 Å². The van der Waals surface area contributed by atoms with Crippen molar-refractivity contribution in [2.45, 2.75) is 25.4 Å². The summed E-state index contributed by atoms with van der Waals surface area (Å²) >= 11 is 5.88. The highest BCUT2D eigenvalue weighted by Crippen LogP contribution is 2.24. The third kappa shape index (κ3) is 2.97. The molecule has 1 aliphatic heterocycles. The molecule has 1 aromatic rings. The normalized spacial score (nSPS) is 19.7. The summed E-state index contributed by atoms with van der Waals surface area (Å²) in [6, 6.07) is 6.94. The minimum absolute atomic E-state index is 0.00925. The van der Waals surface area contributed by atoms with Crippen molar-refractivity contribution in [1.29, 1.82) is 0 Å². The van der Waals surface area contributed by atoms with Crippen LogP contribution in [-0.4, -0.2) is 18.7 Å². The molecule has 2 rings (SSSR count). The lowest BCUT2D eigenvalue weighted by Gasteiger charge is -2.09. The van der Waals surface area contributed by atoms with E-state index in [1.807, 2.05) is 0 Å². The topological polar surface area (TPSA) is 35.5 Å². The molecule has 0 aliphatic carbocycles. The van der Waals surface area contributed by atoms with E-state index < -0.39 is 0 Å². The molecule has 0 amide bonds. The molecule has 1 atom stereocenters. The second-order valence-electron chi connectivity index (χ2n) is 3.74. The molecule has 3 nitrogen and oxygen atoms in total. The predicted molar refractivity (Wildman–Crippen MR) is 60.7 cm³/mol. The Balaban J connectivity index is 1.89. The Bertz CT molecular complexity index is 372. The second-order valence-corrected chi connectivity index (χ2v) is 4.15. The van der Waals surface area contributed by atoms with Gasteiger partial charge in [-0.1, -0.05) is 23.7 Å². The molecule has 1 unspecified atom stereocenters. The number of ether oxygens (including phenoxy) is 2. The maximum Gasteiger partial charge on any atom is 0.313 e. The Morgan fingerprint density at radius 2 is 2.31 bits per heavy atom. The highest BCUT2D eigenvalue weighted by molar-refractivity contribution is 6.32. The fourth-order valence-electron chi connectivity index (χ4n) is 1.68. The van der Waals surface area contributed by atoms with Crippen molar-refractivity contribution >= 4 is 17.6 Å². The summed E-state index contributed by atoms with van der Waals surface area (Å²) in [5, 5.41) is 0.447. The van der Waals surface area contributed by atoms with Crippen LogP contribution in [0.4, 0.5) is 0 Å². The molecule has 0 N–H and O–H groups in total. The Hall–Kier alpha value is -1.06. The van der Waals surface area contributed by atoms with Gasteiger partial charge in [-0.05, 0) is 25.0 Å². The van der Waals surface area contributed by atoms with Gasteiger partial charge in [0.25, 0.3) is 0 Å². The van der Waals surface area contributed by atoms with E-state index in [9.17, 15) is 4.79 Å². The van der Waals surface area contributed by atoms with Gasteiger partial charge in [0.2, 0.25) is 0 Å². The van der Waals surface area contributed by atoms with Crippen molar-refractivity contribution < 1.29 is 14.3 Å². The van der Waals surface area contributed by atoms with E-state index in [4.69, 9.17) is 21.1 Å². The first-order valence-corrected chi connectivity index (χ1v) is 5.70. The molecule has 0 radical (unpaired) electrons. The molecule has 4 heteroatoms. The molecule has 0 bridgehead atoms. The van der Waals surface area contributed by atoms with Gasteiger partial charge in [-0.3, -0.25) is 4.79 Å². The van der Waals surface area contributed by atoms with E-state index in [2.05, 4.69) is 0 Å². The van der Waals surface area contributed by atoms with Gasteiger partial charge >= 0.3 is 5.97 Å². The smallest absolute Gasteiger partial charge is 0.313 e. The number of para-hydroxylation sites is 1. The van der Waals surface area contributed by atoms with E-state index in [0.717, 1.165) is 19.4 Å². The van der Waals surface area contributed by atoms with Crippen molar-refractivity contribution in [2.24, 2.45) is 0 Å². The summed E-state index contributed by atoms with van der Waals surface area (Å²) in [7, 11) is 0. The zero-order valence-electron chi connectivity index (χ0n) is 8.82. The first-order chi connectivity index (χ1) is 7.75. The number of hydrogen-bond donors (Lipinski definition) is 0. The SMILES string of the molecule is O=C(CC1CCCO1)Oc1ccccc1Cl. The number of hydrogen-bond acceptors (Lipinski definition) is 3. The van der Waals surface area contributed by atoms with Gasteiger partial charge in [-0.15, -0.1) is 0 Å². The number of halogens is 1. The summed E-state index contributed by atoms with van der Waals surface area (Å²) in [5.74, 6) is 0.118. The summed E-state index contributed by atoms with van der Waals surface area (Å²) in [4.78, 5) is 11.6. The van der Waals surface area contributed by atoms with E-state index in [1.54, 1.807) is 24.3 Å². The van der Waals surface area contributed by atoms with Crippen LogP contribution in [0.5, 0.6) is 5.75 Å². The zero-order valence-corrected chi connectivity index (χ0v) is 9.57. The molecule has 86 valence electrons. The molecule has 1 heterocycles. The Labute approximate surface area is 99.3 Å². The van der Waals surface area contributed by atoms with Crippen LogP contribution in [0.2, 0.25) is 5.02 Å². The van der Waals surface area contributed by atoms with Gasteiger partial charge in [0.1, 0.15) is 5.75 Å². The monoisotopic (exact) mass is 240 g/mol. The van der Waals surface area contributed by atoms with Gasteiger partial charge in [-0.2, -0.15) is 0 Å².